The molecule has 14 heteroatoms. The molecule has 2 fully saturated rings. The van der Waals surface area contributed by atoms with Crippen LogP contribution in [0.3, 0.4) is 0 Å². The SMILES string of the molecule is C=C1CCS(=O)(=O)N(C2CCC(NS(=O)(=O)C(F)(F)F)CC2)S1(=O)=O. The summed E-state index contributed by atoms with van der Waals surface area (Å²) in [5, 5.41) is 0. The summed E-state index contributed by atoms with van der Waals surface area (Å²) in [6.45, 7) is 3.36. The van der Waals surface area contributed by atoms with Crippen molar-refractivity contribution in [3.8, 4) is 0 Å². The van der Waals surface area contributed by atoms with Gasteiger partial charge in [0.2, 0.25) is 10.0 Å². The Bertz CT molecular complexity index is 855. The minimum atomic E-state index is -5.51. The van der Waals surface area contributed by atoms with E-state index >= 15 is 0 Å². The molecule has 0 atom stereocenters. The van der Waals surface area contributed by atoms with Gasteiger partial charge in [0.1, 0.15) is 0 Å². The molecule has 25 heavy (non-hydrogen) atoms. The smallest absolute Gasteiger partial charge is 0.211 e. The summed E-state index contributed by atoms with van der Waals surface area (Å²) < 4.78 is 110. The Hall–Kier alpha value is -0.700. The predicted octanol–water partition coefficient (Wildman–Crippen LogP) is 0.616. The lowest BCUT2D eigenvalue weighted by molar-refractivity contribution is -0.0452. The van der Waals surface area contributed by atoms with Crippen LogP contribution in [0.5, 0.6) is 0 Å². The first-order valence-corrected chi connectivity index (χ1v) is 11.8. The summed E-state index contributed by atoms with van der Waals surface area (Å²) in [5.41, 5.74) is -5.44. The molecule has 2 rings (SSSR count). The Morgan fingerprint density at radius 3 is 2.08 bits per heavy atom. The van der Waals surface area contributed by atoms with Crippen LogP contribution in [0.1, 0.15) is 32.1 Å². The van der Waals surface area contributed by atoms with Gasteiger partial charge in [0.05, 0.1) is 10.7 Å². The van der Waals surface area contributed by atoms with E-state index in [1.165, 1.54) is 4.72 Å². The van der Waals surface area contributed by atoms with Crippen LogP contribution < -0.4 is 4.72 Å². The van der Waals surface area contributed by atoms with Crippen molar-refractivity contribution in [3.63, 3.8) is 0 Å². The predicted molar refractivity (Wildman–Crippen MR) is 82.5 cm³/mol. The second-order valence-electron chi connectivity index (χ2n) is 5.91. The summed E-state index contributed by atoms with van der Waals surface area (Å²) in [4.78, 5) is -0.234. The number of sulfonamides is 3. The molecule has 0 radical (unpaired) electrons. The average molecular weight is 426 g/mol. The highest BCUT2D eigenvalue weighted by Gasteiger charge is 2.49. The lowest BCUT2D eigenvalue weighted by atomic mass is 9.92. The molecule has 0 amide bonds. The van der Waals surface area contributed by atoms with Crippen molar-refractivity contribution in [2.45, 2.75) is 49.7 Å². The second-order valence-corrected chi connectivity index (χ2v) is 11.7. The number of nitrogens with zero attached hydrogens (tertiary/aromatic N) is 1. The van der Waals surface area contributed by atoms with Crippen molar-refractivity contribution < 1.29 is 38.4 Å². The molecule has 0 unspecified atom stereocenters. The van der Waals surface area contributed by atoms with E-state index in [1.807, 2.05) is 0 Å². The van der Waals surface area contributed by atoms with Crippen molar-refractivity contribution in [3.05, 3.63) is 11.5 Å². The molecule has 0 aromatic carbocycles. The number of hydrogen-bond acceptors (Lipinski definition) is 6. The molecular formula is C11H17F3N2O6S3. The Labute approximate surface area is 144 Å². The van der Waals surface area contributed by atoms with Crippen LogP contribution in [-0.2, 0) is 30.1 Å². The van der Waals surface area contributed by atoms with E-state index in [0.717, 1.165) is 0 Å². The molecule has 1 saturated carbocycles. The highest BCUT2D eigenvalue weighted by molar-refractivity contribution is 8.06. The van der Waals surface area contributed by atoms with Crippen LogP contribution in [0.2, 0.25) is 0 Å². The van der Waals surface area contributed by atoms with Crippen LogP contribution in [0.4, 0.5) is 13.2 Å². The van der Waals surface area contributed by atoms with E-state index in [-0.39, 0.29) is 37.0 Å². The first-order valence-electron chi connectivity index (χ1n) is 7.22. The van der Waals surface area contributed by atoms with Crippen LogP contribution >= 0.6 is 0 Å². The van der Waals surface area contributed by atoms with Crippen molar-refractivity contribution >= 4 is 30.1 Å². The molecule has 0 spiro atoms. The van der Waals surface area contributed by atoms with Crippen LogP contribution in [0, 0.1) is 0 Å². The molecule has 146 valence electrons. The topological polar surface area (TPSA) is 118 Å². The monoisotopic (exact) mass is 426 g/mol. The first kappa shape index (κ1) is 20.6. The summed E-state index contributed by atoms with van der Waals surface area (Å²) >= 11 is 0. The van der Waals surface area contributed by atoms with E-state index in [0.29, 0.717) is 3.71 Å². The van der Waals surface area contributed by atoms with Gasteiger partial charge in [-0.2, -0.15) is 13.2 Å². The van der Waals surface area contributed by atoms with Crippen LogP contribution in [-0.4, -0.2) is 52.3 Å². The number of halogens is 3. The summed E-state index contributed by atoms with van der Waals surface area (Å²) in [5.74, 6) is -0.411. The van der Waals surface area contributed by atoms with Gasteiger partial charge < -0.3 is 0 Å². The van der Waals surface area contributed by atoms with Crippen molar-refractivity contribution in [1.29, 1.82) is 0 Å². The van der Waals surface area contributed by atoms with E-state index in [9.17, 15) is 38.4 Å². The van der Waals surface area contributed by atoms with Crippen molar-refractivity contribution in [1.82, 2.24) is 8.43 Å². The minimum absolute atomic E-state index is 0.0865. The molecule has 2 aliphatic rings. The molecule has 1 aliphatic carbocycles. The van der Waals surface area contributed by atoms with Crippen LogP contribution in [0.25, 0.3) is 0 Å². The highest BCUT2D eigenvalue weighted by Crippen LogP contribution is 2.35. The van der Waals surface area contributed by atoms with Gasteiger partial charge in [0, 0.05) is 12.1 Å². The Morgan fingerprint density at radius 1 is 1.08 bits per heavy atom. The summed E-state index contributed by atoms with van der Waals surface area (Å²) in [6.07, 6.45) is -0.614. The lowest BCUT2D eigenvalue weighted by Gasteiger charge is -2.37. The molecule has 0 aromatic rings. The third-order valence-corrected chi connectivity index (χ3v) is 9.93. The third kappa shape index (κ3) is 4.02. The molecule has 1 aliphatic heterocycles. The maximum absolute atomic E-state index is 12.4. The van der Waals surface area contributed by atoms with E-state index in [1.54, 1.807) is 0 Å². The fraction of sp³-hybridized carbons (Fsp3) is 0.818. The summed E-state index contributed by atoms with van der Waals surface area (Å²) in [6, 6.07) is -2.00. The molecule has 0 aromatic heterocycles. The van der Waals surface area contributed by atoms with Gasteiger partial charge in [-0.15, -0.1) is 0 Å². The standard InChI is InChI=1S/C11H17F3N2O6S3/c1-8-6-7-23(17,18)16(24(8,19)20)10-4-2-9(3-5-10)15-25(21,22)11(12,13)14/h9-10,15H,1-7H2. The largest absolute Gasteiger partial charge is 0.511 e. The lowest BCUT2D eigenvalue weighted by Crippen LogP contribution is -2.52. The Morgan fingerprint density at radius 2 is 1.60 bits per heavy atom. The number of allylic oxidation sites excluding steroid dienone is 1. The average Bonchev–Trinajstić information content (AvgIpc) is 2.43. The second kappa shape index (κ2) is 6.48. The third-order valence-electron chi connectivity index (χ3n) is 4.14. The zero-order valence-electron chi connectivity index (χ0n) is 12.9. The molecule has 1 saturated heterocycles. The van der Waals surface area contributed by atoms with Gasteiger partial charge in [-0.1, -0.05) is 10.3 Å². The maximum atomic E-state index is 12.4. The molecule has 1 N–H and O–H groups in total. The van der Waals surface area contributed by atoms with Crippen molar-refractivity contribution in [2.75, 3.05) is 5.75 Å². The van der Waals surface area contributed by atoms with Crippen LogP contribution in [0.15, 0.2) is 11.5 Å². The van der Waals surface area contributed by atoms with Gasteiger partial charge in [-0.05, 0) is 32.1 Å². The van der Waals surface area contributed by atoms with E-state index in [2.05, 4.69) is 6.58 Å². The quantitative estimate of drug-likeness (QED) is 0.707. The maximum Gasteiger partial charge on any atom is 0.511 e. The zero-order valence-corrected chi connectivity index (χ0v) is 15.3. The summed E-state index contributed by atoms with van der Waals surface area (Å²) in [7, 11) is -13.8. The molecular weight excluding hydrogens is 409 g/mol. The molecule has 1 heterocycles. The van der Waals surface area contributed by atoms with Gasteiger partial charge >= 0.3 is 15.5 Å². The van der Waals surface area contributed by atoms with Gasteiger partial charge in [0.25, 0.3) is 10.0 Å². The number of rotatable bonds is 3. The normalized spacial score (nSPS) is 30.9. The van der Waals surface area contributed by atoms with Gasteiger partial charge in [-0.3, -0.25) is 0 Å². The number of alkyl halides is 3. The number of hydrogen-bond donors (Lipinski definition) is 1. The highest BCUT2D eigenvalue weighted by atomic mass is 32.3. The van der Waals surface area contributed by atoms with Gasteiger partial charge in [-0.25, -0.2) is 30.0 Å². The molecule has 8 nitrogen and oxygen atoms in total. The van der Waals surface area contributed by atoms with E-state index < -0.39 is 53.4 Å². The minimum Gasteiger partial charge on any atom is -0.211 e. The Balaban J connectivity index is 2.13. The number of nitrogens with one attached hydrogen (secondary N) is 1. The molecule has 0 bridgehead atoms. The zero-order chi connectivity index (χ0) is 19.3. The fourth-order valence-corrected chi connectivity index (χ4v) is 8.09. The Kier molecular flexibility index (Phi) is 5.34. The van der Waals surface area contributed by atoms with Crippen molar-refractivity contribution in [2.24, 2.45) is 0 Å². The first-order chi connectivity index (χ1) is 11.2. The van der Waals surface area contributed by atoms with Gasteiger partial charge in [0.15, 0.2) is 0 Å². The van der Waals surface area contributed by atoms with E-state index in [4.69, 9.17) is 0 Å². The fourth-order valence-electron chi connectivity index (χ4n) is 2.85.